The number of fused-ring (bicyclic) bond motifs is 1. The van der Waals surface area contributed by atoms with Crippen LogP contribution in [0.5, 0.6) is 0 Å². The Kier molecular flexibility index (Phi) is 3.99. The molecule has 3 rings (SSSR count). The molecule has 0 bridgehead atoms. The highest BCUT2D eigenvalue weighted by molar-refractivity contribution is 5.80. The van der Waals surface area contributed by atoms with Gasteiger partial charge in [-0.2, -0.15) is 5.10 Å². The number of carbonyl (C=O) groups is 1. The Bertz CT molecular complexity index is 514. The molecule has 6 heteroatoms. The standard InChI is InChI=1S/C15H24N4O2/c1-17(2)15(20)13-6-12-4-5-19(10-14(12)21-13)9-11-7-16-18(3)8-11/h7-8,12-14H,4-6,9-10H2,1-3H3/t12-,13+,14-/m1/s1. The van der Waals surface area contributed by atoms with Gasteiger partial charge >= 0.3 is 0 Å². The second-order valence-corrected chi connectivity index (χ2v) is 6.44. The fraction of sp³-hybridized carbons (Fsp3) is 0.733. The number of piperidine rings is 1. The van der Waals surface area contributed by atoms with E-state index in [9.17, 15) is 4.79 Å². The number of carbonyl (C=O) groups excluding carboxylic acids is 1. The molecule has 1 aromatic heterocycles. The number of rotatable bonds is 3. The Hall–Kier alpha value is -1.40. The number of amides is 1. The number of likely N-dealkylation sites (tertiary alicyclic amines) is 1. The average Bonchev–Trinajstić information content (AvgIpc) is 3.03. The van der Waals surface area contributed by atoms with E-state index in [-0.39, 0.29) is 18.1 Å². The molecule has 0 aromatic carbocycles. The molecule has 2 aliphatic rings. The van der Waals surface area contributed by atoms with Crippen molar-refractivity contribution in [3.05, 3.63) is 18.0 Å². The molecule has 116 valence electrons. The zero-order valence-electron chi connectivity index (χ0n) is 13.0. The van der Waals surface area contributed by atoms with E-state index < -0.39 is 0 Å². The normalized spacial score (nSPS) is 29.4. The van der Waals surface area contributed by atoms with Crippen molar-refractivity contribution >= 4 is 5.91 Å². The fourth-order valence-corrected chi connectivity index (χ4v) is 3.40. The summed E-state index contributed by atoms with van der Waals surface area (Å²) < 4.78 is 7.84. The van der Waals surface area contributed by atoms with Crippen LogP contribution in [0.2, 0.25) is 0 Å². The minimum Gasteiger partial charge on any atom is -0.364 e. The summed E-state index contributed by atoms with van der Waals surface area (Å²) in [5.74, 6) is 0.632. The first-order valence-electron chi connectivity index (χ1n) is 7.59. The largest absolute Gasteiger partial charge is 0.364 e. The maximum absolute atomic E-state index is 12.0. The van der Waals surface area contributed by atoms with Crippen LogP contribution in [0.3, 0.4) is 0 Å². The van der Waals surface area contributed by atoms with Gasteiger partial charge in [0.1, 0.15) is 6.10 Å². The van der Waals surface area contributed by atoms with Crippen molar-refractivity contribution in [3.8, 4) is 0 Å². The van der Waals surface area contributed by atoms with E-state index in [0.717, 1.165) is 32.5 Å². The van der Waals surface area contributed by atoms with Crippen LogP contribution in [0.25, 0.3) is 0 Å². The molecule has 0 saturated carbocycles. The van der Waals surface area contributed by atoms with E-state index in [1.807, 2.05) is 17.9 Å². The first-order valence-corrected chi connectivity index (χ1v) is 7.59. The van der Waals surface area contributed by atoms with Crippen LogP contribution in [0, 0.1) is 5.92 Å². The number of likely N-dealkylation sites (N-methyl/N-ethyl adjacent to an activating group) is 1. The summed E-state index contributed by atoms with van der Waals surface area (Å²) in [4.78, 5) is 16.1. The first kappa shape index (κ1) is 14.5. The predicted octanol–water partition coefficient (Wildman–Crippen LogP) is 0.488. The van der Waals surface area contributed by atoms with Crippen LogP contribution >= 0.6 is 0 Å². The molecule has 21 heavy (non-hydrogen) atoms. The molecule has 2 aliphatic heterocycles. The third-order valence-electron chi connectivity index (χ3n) is 4.52. The summed E-state index contributed by atoms with van der Waals surface area (Å²) in [6, 6.07) is 0. The third-order valence-corrected chi connectivity index (χ3v) is 4.52. The van der Waals surface area contributed by atoms with E-state index in [0.29, 0.717) is 5.92 Å². The molecule has 1 aromatic rings. The van der Waals surface area contributed by atoms with E-state index in [1.165, 1.54) is 5.56 Å². The van der Waals surface area contributed by atoms with E-state index in [2.05, 4.69) is 16.2 Å². The Morgan fingerprint density at radius 3 is 3.00 bits per heavy atom. The number of hydrogen-bond acceptors (Lipinski definition) is 4. The Balaban J connectivity index is 1.57. The molecule has 2 fully saturated rings. The lowest BCUT2D eigenvalue weighted by molar-refractivity contribution is -0.141. The van der Waals surface area contributed by atoms with Crippen molar-refractivity contribution in [3.63, 3.8) is 0 Å². The summed E-state index contributed by atoms with van der Waals surface area (Å²) in [5.41, 5.74) is 1.23. The van der Waals surface area contributed by atoms with Crippen molar-refractivity contribution in [2.45, 2.75) is 31.6 Å². The maximum atomic E-state index is 12.0. The molecule has 1 amide bonds. The van der Waals surface area contributed by atoms with Gasteiger partial charge in [-0.05, 0) is 25.3 Å². The average molecular weight is 292 g/mol. The fourth-order valence-electron chi connectivity index (χ4n) is 3.40. The van der Waals surface area contributed by atoms with Crippen molar-refractivity contribution in [1.29, 1.82) is 0 Å². The molecule has 0 unspecified atom stereocenters. The molecule has 0 spiro atoms. The zero-order valence-corrected chi connectivity index (χ0v) is 13.0. The SMILES string of the molecule is CN(C)C(=O)[C@@H]1C[C@H]2CCN(Cc3cnn(C)c3)C[C@H]2O1. The summed E-state index contributed by atoms with van der Waals surface area (Å²) in [6.45, 7) is 2.89. The van der Waals surface area contributed by atoms with Crippen molar-refractivity contribution in [1.82, 2.24) is 19.6 Å². The Labute approximate surface area is 125 Å². The van der Waals surface area contributed by atoms with E-state index in [4.69, 9.17) is 4.74 Å². The van der Waals surface area contributed by atoms with Crippen molar-refractivity contribution < 1.29 is 9.53 Å². The van der Waals surface area contributed by atoms with Crippen LogP contribution in [-0.2, 0) is 23.1 Å². The predicted molar refractivity (Wildman–Crippen MR) is 78.6 cm³/mol. The smallest absolute Gasteiger partial charge is 0.251 e. The van der Waals surface area contributed by atoms with E-state index in [1.54, 1.807) is 19.0 Å². The van der Waals surface area contributed by atoms with Crippen molar-refractivity contribution in [2.24, 2.45) is 13.0 Å². The van der Waals surface area contributed by atoms with Gasteiger partial charge in [0.25, 0.3) is 5.91 Å². The highest BCUT2D eigenvalue weighted by Crippen LogP contribution is 2.34. The molecule has 0 N–H and O–H groups in total. The lowest BCUT2D eigenvalue weighted by Gasteiger charge is -2.33. The van der Waals surface area contributed by atoms with E-state index >= 15 is 0 Å². The first-order chi connectivity index (χ1) is 10.0. The molecule has 2 saturated heterocycles. The van der Waals surface area contributed by atoms with Crippen LogP contribution in [0.15, 0.2) is 12.4 Å². The van der Waals surface area contributed by atoms with Gasteiger partial charge in [-0.1, -0.05) is 0 Å². The molecule has 3 atom stereocenters. The molecule has 0 radical (unpaired) electrons. The third kappa shape index (κ3) is 3.11. The summed E-state index contributed by atoms with van der Waals surface area (Å²) in [7, 11) is 5.53. The van der Waals surface area contributed by atoms with Crippen LogP contribution < -0.4 is 0 Å². The molecular formula is C15H24N4O2. The number of hydrogen-bond donors (Lipinski definition) is 0. The Morgan fingerprint density at radius 1 is 1.52 bits per heavy atom. The highest BCUT2D eigenvalue weighted by Gasteiger charge is 2.42. The van der Waals surface area contributed by atoms with Gasteiger partial charge in [0.05, 0.1) is 12.3 Å². The second-order valence-electron chi connectivity index (χ2n) is 6.44. The topological polar surface area (TPSA) is 50.6 Å². The number of aromatic nitrogens is 2. The summed E-state index contributed by atoms with van der Waals surface area (Å²) in [6.07, 6.45) is 5.92. The Morgan fingerprint density at radius 2 is 2.33 bits per heavy atom. The monoisotopic (exact) mass is 292 g/mol. The van der Waals surface area contributed by atoms with Crippen molar-refractivity contribution in [2.75, 3.05) is 27.2 Å². The minimum absolute atomic E-state index is 0.100. The van der Waals surface area contributed by atoms with Gasteiger partial charge in [-0.3, -0.25) is 14.4 Å². The molecule has 6 nitrogen and oxygen atoms in total. The number of ether oxygens (including phenoxy) is 1. The maximum Gasteiger partial charge on any atom is 0.251 e. The zero-order chi connectivity index (χ0) is 15.0. The van der Waals surface area contributed by atoms with Gasteiger partial charge in [0, 0.05) is 46.0 Å². The number of nitrogens with zero attached hydrogens (tertiary/aromatic N) is 4. The molecule has 3 heterocycles. The number of aryl methyl sites for hydroxylation is 1. The summed E-state index contributed by atoms with van der Waals surface area (Å²) >= 11 is 0. The molecule has 0 aliphatic carbocycles. The van der Waals surface area contributed by atoms with Crippen LogP contribution in [0.4, 0.5) is 0 Å². The lowest BCUT2D eigenvalue weighted by atomic mass is 9.91. The quantitative estimate of drug-likeness (QED) is 0.813. The summed E-state index contributed by atoms with van der Waals surface area (Å²) in [5, 5.41) is 4.21. The van der Waals surface area contributed by atoms with Gasteiger partial charge in [-0.25, -0.2) is 0 Å². The van der Waals surface area contributed by atoms with Crippen LogP contribution in [0.1, 0.15) is 18.4 Å². The minimum atomic E-state index is -0.242. The lowest BCUT2D eigenvalue weighted by Crippen LogP contribution is -2.42. The van der Waals surface area contributed by atoms with Gasteiger partial charge in [-0.15, -0.1) is 0 Å². The van der Waals surface area contributed by atoms with Crippen LogP contribution in [-0.4, -0.2) is 64.9 Å². The van der Waals surface area contributed by atoms with Gasteiger partial charge in [0.2, 0.25) is 0 Å². The second kappa shape index (κ2) is 5.77. The van der Waals surface area contributed by atoms with Gasteiger partial charge < -0.3 is 9.64 Å². The highest BCUT2D eigenvalue weighted by atomic mass is 16.5. The van der Waals surface area contributed by atoms with Gasteiger partial charge in [0.15, 0.2) is 0 Å². The molecular weight excluding hydrogens is 268 g/mol.